The van der Waals surface area contributed by atoms with Crippen LogP contribution in [0.1, 0.15) is 41.5 Å². The molecule has 0 aromatic carbocycles. The highest BCUT2D eigenvalue weighted by Crippen LogP contribution is 2.08. The topological polar surface area (TPSA) is 0 Å². The van der Waals surface area contributed by atoms with Crippen LogP contribution in [0.5, 0.6) is 0 Å². The van der Waals surface area contributed by atoms with E-state index in [1.165, 1.54) is 11.1 Å². The van der Waals surface area contributed by atoms with Crippen LogP contribution in [0.15, 0.2) is 47.6 Å². The van der Waals surface area contributed by atoms with Gasteiger partial charge >= 0.3 is 0 Å². The first-order valence-corrected chi connectivity index (χ1v) is 5.03. The van der Waals surface area contributed by atoms with Crippen LogP contribution in [0.4, 0.5) is 0 Å². The predicted octanol–water partition coefficient (Wildman–Crippen LogP) is 5.06. The Morgan fingerprint density at radius 2 is 1.36 bits per heavy atom. The molecule has 0 aromatic rings. The summed E-state index contributed by atoms with van der Waals surface area (Å²) in [4.78, 5) is 0. The van der Waals surface area contributed by atoms with Gasteiger partial charge in [0.2, 0.25) is 0 Å². The van der Waals surface area contributed by atoms with Crippen molar-refractivity contribution in [3.8, 4) is 0 Å². The van der Waals surface area contributed by atoms with Crippen LogP contribution in [0.3, 0.4) is 0 Å². The molecular weight excluding hydrogens is 168 g/mol. The van der Waals surface area contributed by atoms with Gasteiger partial charge in [0.15, 0.2) is 0 Å². The fourth-order valence-electron chi connectivity index (χ4n) is 0.548. The van der Waals surface area contributed by atoms with Gasteiger partial charge in [0.1, 0.15) is 0 Å². The molecular formula is C14H24. The van der Waals surface area contributed by atoms with E-state index in [9.17, 15) is 0 Å². The van der Waals surface area contributed by atoms with Crippen LogP contribution in [0, 0.1) is 0 Å². The van der Waals surface area contributed by atoms with Gasteiger partial charge in [-0.15, -0.1) is 0 Å². The fourth-order valence-corrected chi connectivity index (χ4v) is 0.548. The lowest BCUT2D eigenvalue weighted by atomic mass is 10.1. The average molecular weight is 192 g/mol. The van der Waals surface area contributed by atoms with Crippen LogP contribution in [0.2, 0.25) is 0 Å². The van der Waals surface area contributed by atoms with Crippen LogP contribution in [-0.4, -0.2) is 0 Å². The summed E-state index contributed by atoms with van der Waals surface area (Å²) in [5.41, 5.74) is 3.69. The third kappa shape index (κ3) is 11.0. The zero-order valence-corrected chi connectivity index (χ0v) is 10.5. The molecule has 0 nitrogen and oxygen atoms in total. The second-order valence-corrected chi connectivity index (χ2v) is 3.31. The van der Waals surface area contributed by atoms with Gasteiger partial charge in [0, 0.05) is 0 Å². The van der Waals surface area contributed by atoms with Gasteiger partial charge in [-0.05, 0) is 47.1 Å². The summed E-state index contributed by atoms with van der Waals surface area (Å²) in [5, 5.41) is 0. The van der Waals surface area contributed by atoms with E-state index < -0.39 is 0 Å². The minimum Gasteiger partial charge on any atom is -0.0958 e. The standard InChI is InChI=1S/C10H16.C4H8/c1-6-9(4)7-10(5)8(2)3;1-3-4-2/h6-7H,2H2,1,3-5H3;3-4H,1-2H3/b9-6-,10-7-;4-3-. The Morgan fingerprint density at radius 1 is 0.929 bits per heavy atom. The van der Waals surface area contributed by atoms with E-state index in [1.54, 1.807) is 0 Å². The molecule has 0 heterocycles. The lowest BCUT2D eigenvalue weighted by molar-refractivity contribution is 1.33. The molecule has 80 valence electrons. The molecule has 0 rings (SSSR count). The molecule has 0 aromatic heterocycles. The van der Waals surface area contributed by atoms with Gasteiger partial charge in [-0.3, -0.25) is 0 Å². The van der Waals surface area contributed by atoms with Crippen molar-refractivity contribution in [1.82, 2.24) is 0 Å². The first-order chi connectivity index (χ1) is 6.49. The first-order valence-electron chi connectivity index (χ1n) is 5.03. The van der Waals surface area contributed by atoms with E-state index in [-0.39, 0.29) is 0 Å². The Labute approximate surface area is 89.7 Å². The lowest BCUT2D eigenvalue weighted by Crippen LogP contribution is -1.77. The van der Waals surface area contributed by atoms with Crippen molar-refractivity contribution in [3.63, 3.8) is 0 Å². The smallest absolute Gasteiger partial charge is 0.0395 e. The highest BCUT2D eigenvalue weighted by molar-refractivity contribution is 5.31. The lowest BCUT2D eigenvalue weighted by Gasteiger charge is -1.97. The average Bonchev–Trinajstić information content (AvgIpc) is 2.17. The molecule has 0 amide bonds. The molecule has 0 radical (unpaired) electrons. The van der Waals surface area contributed by atoms with Crippen LogP contribution >= 0.6 is 0 Å². The second kappa shape index (κ2) is 10.0. The van der Waals surface area contributed by atoms with Gasteiger partial charge in [-0.2, -0.15) is 0 Å². The maximum Gasteiger partial charge on any atom is -0.0395 e. The summed E-state index contributed by atoms with van der Waals surface area (Å²) in [6.07, 6.45) is 8.23. The Balaban J connectivity index is 0. The van der Waals surface area contributed by atoms with Crippen LogP contribution in [-0.2, 0) is 0 Å². The Morgan fingerprint density at radius 3 is 1.57 bits per heavy atom. The number of hydrogen-bond acceptors (Lipinski definition) is 0. The quantitative estimate of drug-likeness (QED) is 0.424. The van der Waals surface area contributed by atoms with Crippen molar-refractivity contribution in [2.75, 3.05) is 0 Å². The molecule has 0 atom stereocenters. The van der Waals surface area contributed by atoms with E-state index in [4.69, 9.17) is 0 Å². The Kier molecular flexibility index (Phi) is 11.1. The molecule has 0 spiro atoms. The third-order valence-electron chi connectivity index (χ3n) is 1.91. The number of allylic oxidation sites excluding steroid dienone is 7. The van der Waals surface area contributed by atoms with Crippen molar-refractivity contribution < 1.29 is 0 Å². The van der Waals surface area contributed by atoms with Crippen LogP contribution < -0.4 is 0 Å². The maximum absolute atomic E-state index is 3.85. The number of hydrogen-bond donors (Lipinski definition) is 0. The van der Waals surface area contributed by atoms with Crippen molar-refractivity contribution >= 4 is 0 Å². The predicted molar refractivity (Wildman–Crippen MR) is 68.5 cm³/mol. The van der Waals surface area contributed by atoms with Crippen LogP contribution in [0.25, 0.3) is 0 Å². The number of rotatable bonds is 2. The van der Waals surface area contributed by atoms with Crippen molar-refractivity contribution in [1.29, 1.82) is 0 Å². The molecule has 0 saturated heterocycles. The summed E-state index contributed by atoms with van der Waals surface area (Å²) in [7, 11) is 0. The van der Waals surface area contributed by atoms with Gasteiger partial charge in [-0.1, -0.05) is 42.0 Å². The first kappa shape index (κ1) is 15.4. The summed E-state index contributed by atoms with van der Waals surface area (Å²) in [5.74, 6) is 0. The molecule has 0 heteroatoms. The zero-order valence-electron chi connectivity index (χ0n) is 10.5. The monoisotopic (exact) mass is 192 g/mol. The van der Waals surface area contributed by atoms with Crippen molar-refractivity contribution in [3.05, 3.63) is 47.6 Å². The van der Waals surface area contributed by atoms with Gasteiger partial charge in [0.05, 0.1) is 0 Å². The highest BCUT2D eigenvalue weighted by Gasteiger charge is 1.87. The van der Waals surface area contributed by atoms with E-state index >= 15 is 0 Å². The maximum atomic E-state index is 3.85. The van der Waals surface area contributed by atoms with E-state index in [0.29, 0.717) is 0 Å². The Bertz CT molecular complexity index is 233. The van der Waals surface area contributed by atoms with E-state index in [2.05, 4.69) is 32.6 Å². The second-order valence-electron chi connectivity index (χ2n) is 3.31. The molecule has 0 saturated carbocycles. The molecule has 14 heavy (non-hydrogen) atoms. The largest absolute Gasteiger partial charge is 0.0958 e. The van der Waals surface area contributed by atoms with E-state index in [1.807, 2.05) is 39.8 Å². The summed E-state index contributed by atoms with van der Waals surface area (Å²) >= 11 is 0. The SMILES string of the molecule is C/C=C\C.C=C(C)/C(C)=C\C(C)=C/C. The minimum absolute atomic E-state index is 1.14. The molecule has 0 fully saturated rings. The highest BCUT2D eigenvalue weighted by atomic mass is 13.9. The van der Waals surface area contributed by atoms with E-state index in [0.717, 1.165) is 5.57 Å². The third-order valence-corrected chi connectivity index (χ3v) is 1.91. The molecule has 0 aliphatic rings. The molecule has 0 N–H and O–H groups in total. The normalized spacial score (nSPS) is 12.4. The fraction of sp³-hybridized carbons (Fsp3) is 0.429. The zero-order chi connectivity index (χ0) is 11.6. The van der Waals surface area contributed by atoms with Crippen molar-refractivity contribution in [2.24, 2.45) is 0 Å². The van der Waals surface area contributed by atoms with Gasteiger partial charge < -0.3 is 0 Å². The van der Waals surface area contributed by atoms with Gasteiger partial charge in [0.25, 0.3) is 0 Å². The minimum atomic E-state index is 1.14. The summed E-state index contributed by atoms with van der Waals surface area (Å²) in [6, 6.07) is 0. The molecule has 0 bridgehead atoms. The summed E-state index contributed by atoms with van der Waals surface area (Å²) < 4.78 is 0. The molecule has 0 aliphatic heterocycles. The Hall–Kier alpha value is -1.04. The summed E-state index contributed by atoms with van der Waals surface area (Å²) in [6.45, 7) is 16.1. The molecule has 0 aliphatic carbocycles. The van der Waals surface area contributed by atoms with Crippen molar-refractivity contribution in [2.45, 2.75) is 41.5 Å². The van der Waals surface area contributed by atoms with Gasteiger partial charge in [-0.25, -0.2) is 0 Å². The molecule has 0 unspecified atom stereocenters.